The molecule has 2 rings (SSSR count). The van der Waals surface area contributed by atoms with Gasteiger partial charge in [-0.1, -0.05) is 12.8 Å². The van der Waals surface area contributed by atoms with Crippen LogP contribution in [0, 0.1) is 5.92 Å². The number of rotatable bonds is 3. The lowest BCUT2D eigenvalue weighted by Crippen LogP contribution is -2.36. The molecule has 2 atom stereocenters. The van der Waals surface area contributed by atoms with Crippen molar-refractivity contribution in [3.63, 3.8) is 0 Å². The molecule has 1 amide bonds. The third-order valence-electron chi connectivity index (χ3n) is 3.52. The summed E-state index contributed by atoms with van der Waals surface area (Å²) in [5.74, 6) is 0.154. The summed E-state index contributed by atoms with van der Waals surface area (Å²) in [4.78, 5) is 11.8. The Balaban J connectivity index is 1.86. The molecule has 1 fully saturated rings. The molecule has 0 aromatic heterocycles. The highest BCUT2D eigenvalue weighted by atomic mass is 16.3. The average Bonchev–Trinajstić information content (AvgIpc) is 2.38. The molecule has 3 N–H and O–H groups in total. The fourth-order valence-electron chi connectivity index (χ4n) is 2.36. The maximum absolute atomic E-state index is 11.8. The summed E-state index contributed by atoms with van der Waals surface area (Å²) >= 11 is 0. The molecule has 0 bridgehead atoms. The summed E-state index contributed by atoms with van der Waals surface area (Å²) in [6.07, 6.45) is 3.70. The summed E-state index contributed by atoms with van der Waals surface area (Å²) in [6.45, 7) is 0.515. The molecule has 98 valence electrons. The smallest absolute Gasteiger partial charge is 0.251 e. The Morgan fingerprint density at radius 3 is 2.56 bits per heavy atom. The highest BCUT2D eigenvalue weighted by Crippen LogP contribution is 2.23. The number of aliphatic hydroxyl groups excluding tert-OH is 1. The lowest BCUT2D eigenvalue weighted by molar-refractivity contribution is 0.0663. The zero-order chi connectivity index (χ0) is 13.0. The average molecular weight is 249 g/mol. The molecule has 0 heterocycles. The predicted octanol–water partition coefficient (Wildman–Crippen LogP) is 1.67. The van der Waals surface area contributed by atoms with Gasteiger partial charge in [0.05, 0.1) is 6.10 Å². The molecule has 1 aliphatic carbocycles. The van der Waals surface area contributed by atoms with Crippen molar-refractivity contribution in [2.45, 2.75) is 31.8 Å². The van der Waals surface area contributed by atoms with Crippen LogP contribution in [-0.2, 0) is 0 Å². The van der Waals surface area contributed by atoms with Gasteiger partial charge in [-0.2, -0.15) is 0 Å². The summed E-state index contributed by atoms with van der Waals surface area (Å²) < 4.78 is 0. The van der Waals surface area contributed by atoms with E-state index >= 15 is 0 Å². The van der Waals surface area contributed by atoms with E-state index in [0.717, 1.165) is 25.7 Å². The second-order valence-electron chi connectivity index (χ2n) is 4.87. The summed E-state index contributed by atoms with van der Waals surface area (Å²) in [5.41, 5.74) is 0.526. The van der Waals surface area contributed by atoms with Gasteiger partial charge in [-0.05, 0) is 37.1 Å². The highest BCUT2D eigenvalue weighted by molar-refractivity contribution is 5.94. The second kappa shape index (κ2) is 5.87. The lowest BCUT2D eigenvalue weighted by atomic mass is 9.86. The number of carbonyl (C=O) groups is 1. The minimum absolute atomic E-state index is 0.147. The zero-order valence-electron chi connectivity index (χ0n) is 10.3. The number of phenols is 1. The molecule has 1 aromatic carbocycles. The minimum Gasteiger partial charge on any atom is -0.508 e. The van der Waals surface area contributed by atoms with Crippen LogP contribution >= 0.6 is 0 Å². The van der Waals surface area contributed by atoms with E-state index in [-0.39, 0.29) is 23.7 Å². The number of aliphatic hydroxyl groups is 1. The fraction of sp³-hybridized carbons (Fsp3) is 0.500. The van der Waals surface area contributed by atoms with Crippen molar-refractivity contribution in [2.24, 2.45) is 5.92 Å². The van der Waals surface area contributed by atoms with Crippen LogP contribution in [0.3, 0.4) is 0 Å². The quantitative estimate of drug-likeness (QED) is 0.763. The number of phenolic OH excluding ortho intramolecular Hbond substituents is 1. The highest BCUT2D eigenvalue weighted by Gasteiger charge is 2.23. The van der Waals surface area contributed by atoms with Crippen LogP contribution in [-0.4, -0.2) is 28.8 Å². The Kier molecular flexibility index (Phi) is 4.20. The van der Waals surface area contributed by atoms with Gasteiger partial charge in [0.25, 0.3) is 5.91 Å². The van der Waals surface area contributed by atoms with E-state index in [4.69, 9.17) is 5.11 Å². The monoisotopic (exact) mass is 249 g/mol. The van der Waals surface area contributed by atoms with Crippen LogP contribution in [0.1, 0.15) is 36.0 Å². The zero-order valence-corrected chi connectivity index (χ0v) is 10.3. The van der Waals surface area contributed by atoms with Gasteiger partial charge in [0.2, 0.25) is 0 Å². The fourth-order valence-corrected chi connectivity index (χ4v) is 2.36. The van der Waals surface area contributed by atoms with Crippen molar-refractivity contribution in [1.29, 1.82) is 0 Å². The summed E-state index contributed by atoms with van der Waals surface area (Å²) in [7, 11) is 0. The number of amides is 1. The van der Waals surface area contributed by atoms with E-state index in [1.54, 1.807) is 12.1 Å². The van der Waals surface area contributed by atoms with Gasteiger partial charge in [-0.25, -0.2) is 0 Å². The van der Waals surface area contributed by atoms with E-state index in [0.29, 0.717) is 12.1 Å². The molecule has 1 saturated carbocycles. The van der Waals surface area contributed by atoms with Crippen molar-refractivity contribution in [3.8, 4) is 5.75 Å². The van der Waals surface area contributed by atoms with Crippen molar-refractivity contribution in [3.05, 3.63) is 29.8 Å². The van der Waals surface area contributed by atoms with E-state index in [9.17, 15) is 9.90 Å². The molecule has 0 saturated heterocycles. The maximum atomic E-state index is 11.8. The van der Waals surface area contributed by atoms with Crippen molar-refractivity contribution in [2.75, 3.05) is 6.54 Å². The number of carbonyl (C=O) groups excluding carboxylic acids is 1. The van der Waals surface area contributed by atoms with Crippen molar-refractivity contribution >= 4 is 5.91 Å². The minimum atomic E-state index is -0.293. The standard InChI is InChI=1S/C14H19NO3/c16-12-7-5-10(6-8-12)14(18)15-9-11-3-1-2-4-13(11)17/h5-8,11,13,16-17H,1-4,9H2,(H,15,18). The molecule has 18 heavy (non-hydrogen) atoms. The second-order valence-corrected chi connectivity index (χ2v) is 4.87. The Bertz CT molecular complexity index is 402. The first kappa shape index (κ1) is 12.9. The molecule has 0 aliphatic heterocycles. The molecule has 0 spiro atoms. The normalized spacial score (nSPS) is 23.6. The number of aromatic hydroxyl groups is 1. The third kappa shape index (κ3) is 3.23. The van der Waals surface area contributed by atoms with E-state index in [2.05, 4.69) is 5.32 Å². The van der Waals surface area contributed by atoms with Gasteiger partial charge < -0.3 is 15.5 Å². The summed E-state index contributed by atoms with van der Waals surface area (Å²) in [5, 5.41) is 21.8. The first-order valence-electron chi connectivity index (χ1n) is 6.42. The molecule has 2 unspecified atom stereocenters. The van der Waals surface area contributed by atoms with Gasteiger partial charge in [0.1, 0.15) is 5.75 Å². The largest absolute Gasteiger partial charge is 0.508 e. The van der Waals surface area contributed by atoms with Crippen LogP contribution < -0.4 is 5.32 Å². The third-order valence-corrected chi connectivity index (χ3v) is 3.52. The Morgan fingerprint density at radius 1 is 1.22 bits per heavy atom. The first-order chi connectivity index (χ1) is 8.66. The number of hydrogen-bond donors (Lipinski definition) is 3. The molecule has 4 heteroatoms. The summed E-state index contributed by atoms with van der Waals surface area (Å²) in [6, 6.07) is 6.15. The van der Waals surface area contributed by atoms with Gasteiger partial charge in [-0.3, -0.25) is 4.79 Å². The Morgan fingerprint density at radius 2 is 1.89 bits per heavy atom. The SMILES string of the molecule is O=C(NCC1CCCCC1O)c1ccc(O)cc1. The number of benzene rings is 1. The molecular weight excluding hydrogens is 230 g/mol. The van der Waals surface area contributed by atoms with Crippen LogP contribution in [0.25, 0.3) is 0 Å². The molecule has 4 nitrogen and oxygen atoms in total. The topological polar surface area (TPSA) is 69.6 Å². The Hall–Kier alpha value is -1.55. The van der Waals surface area contributed by atoms with Gasteiger partial charge in [0.15, 0.2) is 0 Å². The lowest BCUT2D eigenvalue weighted by Gasteiger charge is -2.27. The van der Waals surface area contributed by atoms with Crippen LogP contribution in [0.15, 0.2) is 24.3 Å². The van der Waals surface area contributed by atoms with E-state index in [1.165, 1.54) is 12.1 Å². The van der Waals surface area contributed by atoms with Gasteiger partial charge >= 0.3 is 0 Å². The molecule has 1 aromatic rings. The maximum Gasteiger partial charge on any atom is 0.251 e. The molecular formula is C14H19NO3. The van der Waals surface area contributed by atoms with Crippen LogP contribution in [0.5, 0.6) is 5.75 Å². The van der Waals surface area contributed by atoms with Crippen molar-refractivity contribution < 1.29 is 15.0 Å². The van der Waals surface area contributed by atoms with E-state index in [1.807, 2.05) is 0 Å². The Labute approximate surface area is 107 Å². The predicted molar refractivity (Wildman–Crippen MR) is 68.4 cm³/mol. The van der Waals surface area contributed by atoms with Gasteiger partial charge in [-0.15, -0.1) is 0 Å². The van der Waals surface area contributed by atoms with Crippen molar-refractivity contribution in [1.82, 2.24) is 5.32 Å². The number of nitrogens with one attached hydrogen (secondary N) is 1. The first-order valence-corrected chi connectivity index (χ1v) is 6.42. The molecule has 1 aliphatic rings. The molecule has 0 radical (unpaired) electrons. The van der Waals surface area contributed by atoms with Crippen LogP contribution in [0.4, 0.5) is 0 Å². The number of hydrogen-bond acceptors (Lipinski definition) is 3. The van der Waals surface area contributed by atoms with E-state index < -0.39 is 0 Å². The van der Waals surface area contributed by atoms with Crippen LogP contribution in [0.2, 0.25) is 0 Å². The van der Waals surface area contributed by atoms with Gasteiger partial charge in [0, 0.05) is 18.0 Å².